The fourth-order valence-electron chi connectivity index (χ4n) is 3.37. The van der Waals surface area contributed by atoms with Crippen molar-refractivity contribution in [1.82, 2.24) is 4.90 Å². The van der Waals surface area contributed by atoms with Crippen LogP contribution in [0.5, 0.6) is 0 Å². The SMILES string of the molecule is CCOC(=O)c1cc(NC(=O)CN2C(=O)S/C(=C\c3coc4c(Cl)cc(Cl)cc4c3=O)C2=O)ccc1Cl. The molecule has 1 N–H and O–H groups in total. The molecule has 1 aliphatic heterocycles. The number of fused-ring (bicyclic) bond motifs is 1. The van der Waals surface area contributed by atoms with E-state index in [0.717, 1.165) is 11.2 Å². The van der Waals surface area contributed by atoms with Crippen LogP contribution >= 0.6 is 46.6 Å². The number of amides is 3. The molecule has 0 bridgehead atoms. The molecule has 0 aliphatic carbocycles. The Hall–Kier alpha value is -3.31. The monoisotopic (exact) mass is 580 g/mol. The number of esters is 1. The Morgan fingerprint density at radius 3 is 2.59 bits per heavy atom. The molecule has 3 aromatic rings. The van der Waals surface area contributed by atoms with Gasteiger partial charge in [-0.2, -0.15) is 0 Å². The molecule has 190 valence electrons. The van der Waals surface area contributed by atoms with Crippen LogP contribution in [0.3, 0.4) is 0 Å². The van der Waals surface area contributed by atoms with Crippen LogP contribution in [0.1, 0.15) is 22.8 Å². The maximum atomic E-state index is 12.9. The number of rotatable bonds is 6. The number of hydrogen-bond donors (Lipinski definition) is 1. The number of carbonyl (C=O) groups excluding carboxylic acids is 4. The van der Waals surface area contributed by atoms with E-state index < -0.39 is 35.0 Å². The first-order valence-corrected chi connectivity index (χ1v) is 12.5. The Kier molecular flexibility index (Phi) is 7.93. The standard InChI is InChI=1S/C24H15Cl3N2O7S/c1-2-35-23(33)14-8-13(3-4-16(14)26)28-19(30)9-29-22(32)18(37-24(29)34)5-11-10-36-21-15(20(11)31)6-12(25)7-17(21)27/h3-8,10H,2,9H2,1H3,(H,28,30)/b18-5-. The van der Waals surface area contributed by atoms with Gasteiger partial charge in [-0.15, -0.1) is 0 Å². The molecule has 2 aromatic carbocycles. The second kappa shape index (κ2) is 11.0. The van der Waals surface area contributed by atoms with Crippen LogP contribution in [0.4, 0.5) is 10.5 Å². The van der Waals surface area contributed by atoms with Crippen LogP contribution in [0.2, 0.25) is 15.1 Å². The number of benzene rings is 2. The molecule has 0 unspecified atom stereocenters. The van der Waals surface area contributed by atoms with E-state index in [1.165, 1.54) is 36.4 Å². The van der Waals surface area contributed by atoms with Gasteiger partial charge in [-0.05, 0) is 55.1 Å². The van der Waals surface area contributed by atoms with E-state index in [9.17, 15) is 24.0 Å². The van der Waals surface area contributed by atoms with Crippen LogP contribution in [0.15, 0.2) is 50.7 Å². The lowest BCUT2D eigenvalue weighted by Crippen LogP contribution is -2.36. The maximum Gasteiger partial charge on any atom is 0.339 e. The molecule has 0 spiro atoms. The van der Waals surface area contributed by atoms with Gasteiger partial charge in [-0.25, -0.2) is 4.79 Å². The van der Waals surface area contributed by atoms with Crippen molar-refractivity contribution < 1.29 is 28.3 Å². The fraction of sp³-hybridized carbons (Fsp3) is 0.125. The lowest BCUT2D eigenvalue weighted by molar-refractivity contribution is -0.127. The highest BCUT2D eigenvalue weighted by atomic mass is 35.5. The molecule has 0 atom stereocenters. The molecule has 13 heteroatoms. The third-order valence-corrected chi connectivity index (χ3v) is 6.76. The molecule has 9 nitrogen and oxygen atoms in total. The Morgan fingerprint density at radius 1 is 1.11 bits per heavy atom. The summed E-state index contributed by atoms with van der Waals surface area (Å²) < 4.78 is 10.4. The van der Waals surface area contributed by atoms with E-state index in [2.05, 4.69) is 5.32 Å². The smallest absolute Gasteiger partial charge is 0.339 e. The van der Waals surface area contributed by atoms with Crippen molar-refractivity contribution in [2.24, 2.45) is 0 Å². The van der Waals surface area contributed by atoms with Crippen molar-refractivity contribution in [2.45, 2.75) is 6.92 Å². The first kappa shape index (κ1) is 26.7. The van der Waals surface area contributed by atoms with Crippen molar-refractivity contribution >= 4 is 92.3 Å². The van der Waals surface area contributed by atoms with Crippen LogP contribution in [0.25, 0.3) is 17.0 Å². The first-order valence-electron chi connectivity index (χ1n) is 10.5. The number of ether oxygens (including phenoxy) is 1. The lowest BCUT2D eigenvalue weighted by Gasteiger charge is -2.13. The molecule has 4 rings (SSSR count). The highest BCUT2D eigenvalue weighted by Crippen LogP contribution is 2.33. The molecule has 3 amide bonds. The highest BCUT2D eigenvalue weighted by molar-refractivity contribution is 8.18. The second-order valence-corrected chi connectivity index (χ2v) is 9.76. The largest absolute Gasteiger partial charge is 0.462 e. The molecular weight excluding hydrogens is 567 g/mol. The third-order valence-electron chi connectivity index (χ3n) is 5.03. The summed E-state index contributed by atoms with van der Waals surface area (Å²) in [6.07, 6.45) is 2.32. The number of imide groups is 1. The van der Waals surface area contributed by atoms with Gasteiger partial charge in [0.05, 0.1) is 38.1 Å². The number of hydrogen-bond acceptors (Lipinski definition) is 8. The predicted octanol–water partition coefficient (Wildman–Crippen LogP) is 5.60. The molecule has 0 radical (unpaired) electrons. The van der Waals surface area contributed by atoms with Gasteiger partial charge in [-0.1, -0.05) is 34.8 Å². The van der Waals surface area contributed by atoms with Gasteiger partial charge >= 0.3 is 5.97 Å². The summed E-state index contributed by atoms with van der Waals surface area (Å²) in [6.45, 7) is 1.18. The maximum absolute atomic E-state index is 12.9. The van der Waals surface area contributed by atoms with E-state index in [-0.39, 0.29) is 54.4 Å². The Bertz CT molecular complexity index is 1570. The highest BCUT2D eigenvalue weighted by Gasteiger charge is 2.36. The Labute approximate surface area is 228 Å². The first-order chi connectivity index (χ1) is 17.6. The van der Waals surface area contributed by atoms with E-state index in [0.29, 0.717) is 11.8 Å². The summed E-state index contributed by atoms with van der Waals surface area (Å²) in [5.41, 5.74) is -0.117. The predicted molar refractivity (Wildman–Crippen MR) is 141 cm³/mol. The van der Waals surface area contributed by atoms with Gasteiger partial charge in [0, 0.05) is 10.7 Å². The Balaban J connectivity index is 1.52. The molecular formula is C24H15Cl3N2O7S. The summed E-state index contributed by atoms with van der Waals surface area (Å²) in [5, 5.41) is 2.42. The van der Waals surface area contributed by atoms with Crippen molar-refractivity contribution in [2.75, 3.05) is 18.5 Å². The average molecular weight is 582 g/mol. The van der Waals surface area contributed by atoms with Gasteiger partial charge in [0.15, 0.2) is 11.0 Å². The zero-order valence-electron chi connectivity index (χ0n) is 18.8. The minimum absolute atomic E-state index is 0.00607. The topological polar surface area (TPSA) is 123 Å². The number of thioether (sulfide) groups is 1. The van der Waals surface area contributed by atoms with Gasteiger partial charge < -0.3 is 14.5 Å². The minimum atomic E-state index is -0.767. The molecule has 2 heterocycles. The van der Waals surface area contributed by atoms with Crippen LogP contribution in [-0.2, 0) is 14.3 Å². The normalized spacial score (nSPS) is 14.5. The summed E-state index contributed by atoms with van der Waals surface area (Å²) in [4.78, 5) is 63.4. The molecule has 0 saturated carbocycles. The number of carbonyl (C=O) groups is 4. The fourth-order valence-corrected chi connectivity index (χ4v) is 4.93. The van der Waals surface area contributed by atoms with Gasteiger partial charge in [0.25, 0.3) is 11.1 Å². The summed E-state index contributed by atoms with van der Waals surface area (Å²) in [5.74, 6) is -2.13. The number of nitrogens with one attached hydrogen (secondary N) is 1. The van der Waals surface area contributed by atoms with Gasteiger partial charge in [-0.3, -0.25) is 24.1 Å². The second-order valence-electron chi connectivity index (χ2n) is 7.52. The van der Waals surface area contributed by atoms with Crippen molar-refractivity contribution in [3.63, 3.8) is 0 Å². The molecule has 37 heavy (non-hydrogen) atoms. The zero-order valence-corrected chi connectivity index (χ0v) is 21.9. The minimum Gasteiger partial charge on any atom is -0.462 e. The number of nitrogens with zero attached hydrogens (tertiary/aromatic N) is 1. The van der Waals surface area contributed by atoms with Gasteiger partial charge in [0.1, 0.15) is 12.8 Å². The van der Waals surface area contributed by atoms with Crippen molar-refractivity contribution in [1.29, 1.82) is 0 Å². The van der Waals surface area contributed by atoms with Crippen LogP contribution in [-0.4, -0.2) is 41.1 Å². The molecule has 1 aliphatic rings. The third kappa shape index (κ3) is 5.67. The molecule has 1 saturated heterocycles. The van der Waals surface area contributed by atoms with Gasteiger partial charge in [0.2, 0.25) is 5.91 Å². The lowest BCUT2D eigenvalue weighted by atomic mass is 10.1. The van der Waals surface area contributed by atoms with E-state index >= 15 is 0 Å². The summed E-state index contributed by atoms with van der Waals surface area (Å²) in [7, 11) is 0. The summed E-state index contributed by atoms with van der Waals surface area (Å²) >= 11 is 18.6. The zero-order chi connectivity index (χ0) is 26.9. The molecule has 1 fully saturated rings. The van der Waals surface area contributed by atoms with Crippen LogP contribution < -0.4 is 10.7 Å². The van der Waals surface area contributed by atoms with Crippen molar-refractivity contribution in [3.05, 3.63) is 77.9 Å². The number of halogens is 3. The molecule has 1 aromatic heterocycles. The van der Waals surface area contributed by atoms with E-state index in [1.807, 2.05) is 0 Å². The number of anilines is 1. The van der Waals surface area contributed by atoms with Crippen molar-refractivity contribution in [3.8, 4) is 0 Å². The summed E-state index contributed by atoms with van der Waals surface area (Å²) in [6, 6.07) is 6.98. The van der Waals surface area contributed by atoms with Crippen LogP contribution in [0, 0.1) is 0 Å². The average Bonchev–Trinajstić information content (AvgIpc) is 3.09. The Morgan fingerprint density at radius 2 is 1.86 bits per heavy atom. The quantitative estimate of drug-likeness (QED) is 0.295. The van der Waals surface area contributed by atoms with E-state index in [1.54, 1.807) is 6.92 Å². The van der Waals surface area contributed by atoms with E-state index in [4.69, 9.17) is 44.0 Å².